The standard InChI is InChI=1S/C21H26N2O4S2/c1-16-13-20(23-10-5-6-12-28(23,24)25)14-17(2)21(16)29(26,27)22-11-9-18-7-3-4-8-19(18)15-22/h3-4,7-8,13-14H,5-6,9-12,15H2,1-2H3. The third-order valence-electron chi connectivity index (χ3n) is 5.78. The number of rotatable bonds is 3. The lowest BCUT2D eigenvalue weighted by Gasteiger charge is -2.31. The fraction of sp³-hybridized carbons (Fsp3) is 0.429. The highest BCUT2D eigenvalue weighted by Gasteiger charge is 2.32. The predicted octanol–water partition coefficient (Wildman–Crippen LogP) is 2.98. The van der Waals surface area contributed by atoms with Crippen LogP contribution in [0.5, 0.6) is 0 Å². The summed E-state index contributed by atoms with van der Waals surface area (Å²) in [7, 11) is -7.02. The monoisotopic (exact) mass is 434 g/mol. The Bertz CT molecular complexity index is 1130. The Labute approximate surface area is 173 Å². The summed E-state index contributed by atoms with van der Waals surface area (Å²) in [5.41, 5.74) is 3.95. The van der Waals surface area contributed by atoms with Crippen LogP contribution < -0.4 is 4.31 Å². The van der Waals surface area contributed by atoms with Crippen LogP contribution in [-0.2, 0) is 33.0 Å². The van der Waals surface area contributed by atoms with Gasteiger partial charge in [0.2, 0.25) is 20.0 Å². The zero-order valence-corrected chi connectivity index (χ0v) is 18.4. The molecule has 2 aliphatic heterocycles. The van der Waals surface area contributed by atoms with Crippen molar-refractivity contribution in [1.29, 1.82) is 0 Å². The normalized spacial score (nSPS) is 19.7. The van der Waals surface area contributed by atoms with E-state index in [-0.39, 0.29) is 10.6 Å². The van der Waals surface area contributed by atoms with Crippen LogP contribution in [-0.4, -0.2) is 40.0 Å². The van der Waals surface area contributed by atoms with Crippen LogP contribution >= 0.6 is 0 Å². The molecule has 0 saturated carbocycles. The van der Waals surface area contributed by atoms with Gasteiger partial charge in [-0.05, 0) is 67.5 Å². The van der Waals surface area contributed by atoms with Crippen LogP contribution in [0, 0.1) is 13.8 Å². The van der Waals surface area contributed by atoms with Gasteiger partial charge in [0.15, 0.2) is 0 Å². The Kier molecular flexibility index (Phi) is 5.21. The van der Waals surface area contributed by atoms with E-state index in [0.717, 1.165) is 12.0 Å². The molecule has 4 rings (SSSR count). The molecule has 6 nitrogen and oxygen atoms in total. The third kappa shape index (κ3) is 3.69. The van der Waals surface area contributed by atoms with Crippen molar-refractivity contribution in [2.45, 2.75) is 44.6 Å². The molecule has 156 valence electrons. The molecular formula is C21H26N2O4S2. The molecular weight excluding hydrogens is 408 g/mol. The summed E-state index contributed by atoms with van der Waals surface area (Å²) in [5.74, 6) is 0.137. The maximum atomic E-state index is 13.4. The van der Waals surface area contributed by atoms with Gasteiger partial charge in [0.25, 0.3) is 0 Å². The first-order valence-corrected chi connectivity index (χ1v) is 12.9. The third-order valence-corrected chi connectivity index (χ3v) is 9.80. The summed E-state index contributed by atoms with van der Waals surface area (Å²) in [6, 6.07) is 11.3. The number of anilines is 1. The average Bonchev–Trinajstić information content (AvgIpc) is 2.66. The minimum atomic E-state index is -3.68. The molecule has 0 bridgehead atoms. The summed E-state index contributed by atoms with van der Waals surface area (Å²) < 4.78 is 54.7. The second kappa shape index (κ2) is 7.41. The quantitative estimate of drug-likeness (QED) is 0.744. The van der Waals surface area contributed by atoms with E-state index in [1.165, 1.54) is 14.2 Å². The van der Waals surface area contributed by atoms with E-state index >= 15 is 0 Å². The van der Waals surface area contributed by atoms with Crippen LogP contribution in [0.1, 0.15) is 35.1 Å². The molecule has 1 fully saturated rings. The average molecular weight is 435 g/mol. The molecule has 1 saturated heterocycles. The van der Waals surface area contributed by atoms with E-state index in [9.17, 15) is 16.8 Å². The second-order valence-electron chi connectivity index (χ2n) is 7.86. The highest BCUT2D eigenvalue weighted by molar-refractivity contribution is 7.92. The zero-order chi connectivity index (χ0) is 20.8. The van der Waals surface area contributed by atoms with Crippen molar-refractivity contribution in [2.24, 2.45) is 0 Å². The molecule has 0 aliphatic carbocycles. The fourth-order valence-electron chi connectivity index (χ4n) is 4.36. The van der Waals surface area contributed by atoms with Gasteiger partial charge >= 0.3 is 0 Å². The minimum Gasteiger partial charge on any atom is -0.270 e. The van der Waals surface area contributed by atoms with E-state index in [0.29, 0.717) is 49.3 Å². The van der Waals surface area contributed by atoms with Crippen LogP contribution in [0.25, 0.3) is 0 Å². The highest BCUT2D eigenvalue weighted by Crippen LogP contribution is 2.33. The van der Waals surface area contributed by atoms with E-state index in [2.05, 4.69) is 0 Å². The van der Waals surface area contributed by atoms with E-state index in [4.69, 9.17) is 0 Å². The summed E-state index contributed by atoms with van der Waals surface area (Å²) in [6.45, 7) is 4.74. The number of nitrogens with zero attached hydrogens (tertiary/aromatic N) is 2. The van der Waals surface area contributed by atoms with Crippen molar-refractivity contribution in [3.05, 3.63) is 58.7 Å². The summed E-state index contributed by atoms with van der Waals surface area (Å²) >= 11 is 0. The SMILES string of the molecule is Cc1cc(N2CCCCS2(=O)=O)cc(C)c1S(=O)(=O)N1CCc2ccccc2C1. The lowest BCUT2D eigenvalue weighted by Crippen LogP contribution is -2.38. The molecule has 0 N–H and O–H groups in total. The number of fused-ring (bicyclic) bond motifs is 1. The minimum absolute atomic E-state index is 0.137. The fourth-order valence-corrected chi connectivity index (χ4v) is 7.81. The van der Waals surface area contributed by atoms with Crippen molar-refractivity contribution in [1.82, 2.24) is 4.31 Å². The van der Waals surface area contributed by atoms with Gasteiger partial charge in [0.1, 0.15) is 0 Å². The molecule has 29 heavy (non-hydrogen) atoms. The molecule has 0 spiro atoms. The summed E-state index contributed by atoms with van der Waals surface area (Å²) in [4.78, 5) is 0.287. The van der Waals surface area contributed by atoms with E-state index in [1.807, 2.05) is 24.3 Å². The Morgan fingerprint density at radius 2 is 1.59 bits per heavy atom. The Morgan fingerprint density at radius 1 is 0.931 bits per heavy atom. The van der Waals surface area contributed by atoms with E-state index < -0.39 is 20.0 Å². The highest BCUT2D eigenvalue weighted by atomic mass is 32.2. The number of benzene rings is 2. The number of hydrogen-bond donors (Lipinski definition) is 0. The first kappa shape index (κ1) is 20.4. The maximum absolute atomic E-state index is 13.4. The molecule has 2 aromatic rings. The molecule has 0 amide bonds. The van der Waals surface area contributed by atoms with Crippen LogP contribution in [0.4, 0.5) is 5.69 Å². The van der Waals surface area contributed by atoms with Crippen LogP contribution in [0.2, 0.25) is 0 Å². The zero-order valence-electron chi connectivity index (χ0n) is 16.8. The first-order chi connectivity index (χ1) is 13.7. The van der Waals surface area contributed by atoms with Crippen molar-refractivity contribution in [3.8, 4) is 0 Å². The van der Waals surface area contributed by atoms with Gasteiger partial charge in [0.05, 0.1) is 16.3 Å². The topological polar surface area (TPSA) is 74.8 Å². The van der Waals surface area contributed by atoms with E-state index in [1.54, 1.807) is 26.0 Å². The van der Waals surface area contributed by atoms with Crippen molar-refractivity contribution in [2.75, 3.05) is 23.1 Å². The summed E-state index contributed by atoms with van der Waals surface area (Å²) in [6.07, 6.45) is 2.17. The van der Waals surface area contributed by atoms with Gasteiger partial charge in [-0.25, -0.2) is 16.8 Å². The largest absolute Gasteiger partial charge is 0.270 e. The summed E-state index contributed by atoms with van der Waals surface area (Å²) in [5, 5.41) is 0. The van der Waals surface area contributed by atoms with Crippen LogP contribution in [0.15, 0.2) is 41.3 Å². The maximum Gasteiger partial charge on any atom is 0.243 e. The van der Waals surface area contributed by atoms with Gasteiger partial charge in [-0.2, -0.15) is 4.31 Å². The molecule has 0 aromatic heterocycles. The smallest absolute Gasteiger partial charge is 0.243 e. The number of hydrogen-bond acceptors (Lipinski definition) is 4. The Balaban J connectivity index is 1.70. The molecule has 8 heteroatoms. The van der Waals surface area contributed by atoms with Gasteiger partial charge < -0.3 is 0 Å². The van der Waals surface area contributed by atoms with Crippen molar-refractivity contribution >= 4 is 25.7 Å². The second-order valence-corrected chi connectivity index (χ2v) is 11.7. The lowest BCUT2D eigenvalue weighted by atomic mass is 10.0. The molecule has 0 radical (unpaired) electrons. The number of aryl methyl sites for hydroxylation is 2. The van der Waals surface area contributed by atoms with Crippen LogP contribution in [0.3, 0.4) is 0 Å². The van der Waals surface area contributed by atoms with Gasteiger partial charge in [-0.1, -0.05) is 24.3 Å². The molecule has 2 heterocycles. The van der Waals surface area contributed by atoms with Crippen molar-refractivity contribution < 1.29 is 16.8 Å². The predicted molar refractivity (Wildman–Crippen MR) is 114 cm³/mol. The molecule has 2 aliphatic rings. The molecule has 0 unspecified atom stereocenters. The van der Waals surface area contributed by atoms with Crippen molar-refractivity contribution in [3.63, 3.8) is 0 Å². The van der Waals surface area contributed by atoms with Gasteiger partial charge in [-0.15, -0.1) is 0 Å². The van der Waals surface area contributed by atoms with Gasteiger partial charge in [0, 0.05) is 19.6 Å². The molecule has 0 atom stereocenters. The van der Waals surface area contributed by atoms with Gasteiger partial charge in [-0.3, -0.25) is 4.31 Å². The Morgan fingerprint density at radius 3 is 2.24 bits per heavy atom. The Hall–Kier alpha value is -1.90. The lowest BCUT2D eigenvalue weighted by molar-refractivity contribution is 0.391. The first-order valence-electron chi connectivity index (χ1n) is 9.89. The molecule has 2 aromatic carbocycles. The number of sulfonamides is 2.